The van der Waals surface area contributed by atoms with Gasteiger partial charge >= 0.3 is 0 Å². The fourth-order valence-electron chi connectivity index (χ4n) is 3.49. The van der Waals surface area contributed by atoms with E-state index in [2.05, 4.69) is 15.0 Å². The summed E-state index contributed by atoms with van der Waals surface area (Å²) < 4.78 is 12.6. The smallest absolute Gasteiger partial charge is 0.258 e. The number of hydrogen-bond acceptors (Lipinski definition) is 7. The van der Waals surface area contributed by atoms with Crippen molar-refractivity contribution in [1.82, 2.24) is 19.4 Å². The predicted molar refractivity (Wildman–Crippen MR) is 93.8 cm³/mol. The number of ether oxygens (including phenoxy) is 1. The van der Waals surface area contributed by atoms with Gasteiger partial charge in [0.15, 0.2) is 4.96 Å². The molecule has 0 aromatic carbocycles. The van der Waals surface area contributed by atoms with Crippen LogP contribution < -0.4 is 5.56 Å². The lowest BCUT2D eigenvalue weighted by Gasteiger charge is -2.14. The lowest BCUT2D eigenvalue weighted by molar-refractivity contribution is 0.0761. The molecular weight excluding hydrogens is 340 g/mol. The largest absolute Gasteiger partial charge is 0.380 e. The molecule has 0 radical (unpaired) electrons. The van der Waals surface area contributed by atoms with Crippen molar-refractivity contribution in [3.63, 3.8) is 0 Å². The van der Waals surface area contributed by atoms with Crippen molar-refractivity contribution in [1.29, 1.82) is 0 Å². The van der Waals surface area contributed by atoms with E-state index in [0.717, 1.165) is 41.6 Å². The molecule has 7 nitrogen and oxygen atoms in total. The first kappa shape index (κ1) is 16.4. The zero-order chi connectivity index (χ0) is 17.4. The molecule has 1 aliphatic heterocycles. The number of rotatable bonds is 5. The van der Waals surface area contributed by atoms with E-state index in [1.807, 2.05) is 18.4 Å². The zero-order valence-electron chi connectivity index (χ0n) is 14.2. The molecule has 3 aromatic heterocycles. The van der Waals surface area contributed by atoms with Gasteiger partial charge in [-0.1, -0.05) is 5.16 Å². The van der Waals surface area contributed by atoms with Crippen LogP contribution in [0.2, 0.25) is 0 Å². The Kier molecular flexibility index (Phi) is 4.41. The van der Waals surface area contributed by atoms with E-state index in [9.17, 15) is 4.79 Å². The Balaban J connectivity index is 1.48. The number of methoxy groups -OCH3 is 1. The normalized spacial score (nSPS) is 21.4. The highest BCUT2D eigenvalue weighted by Gasteiger charge is 2.34. The van der Waals surface area contributed by atoms with Gasteiger partial charge in [-0.05, 0) is 6.92 Å². The van der Waals surface area contributed by atoms with Gasteiger partial charge < -0.3 is 9.26 Å². The second kappa shape index (κ2) is 6.70. The van der Waals surface area contributed by atoms with Gasteiger partial charge in [-0.25, -0.2) is 4.98 Å². The molecule has 132 valence electrons. The van der Waals surface area contributed by atoms with Crippen LogP contribution in [0.25, 0.3) is 4.96 Å². The molecule has 0 saturated carbocycles. The van der Waals surface area contributed by atoms with Gasteiger partial charge in [0.25, 0.3) is 5.56 Å². The van der Waals surface area contributed by atoms with Gasteiger partial charge in [0.05, 0.1) is 17.5 Å². The van der Waals surface area contributed by atoms with Gasteiger partial charge in [0, 0.05) is 62.8 Å². The van der Waals surface area contributed by atoms with Crippen LogP contribution in [0.1, 0.15) is 17.1 Å². The lowest BCUT2D eigenvalue weighted by atomic mass is 10.0. The van der Waals surface area contributed by atoms with Crippen LogP contribution in [-0.4, -0.2) is 45.7 Å². The maximum absolute atomic E-state index is 12.1. The summed E-state index contributed by atoms with van der Waals surface area (Å²) in [5.74, 6) is 1.23. The third-order valence-corrected chi connectivity index (χ3v) is 5.40. The molecule has 1 saturated heterocycles. The molecule has 0 unspecified atom stereocenters. The topological polar surface area (TPSA) is 72.9 Å². The second-order valence-electron chi connectivity index (χ2n) is 6.51. The van der Waals surface area contributed by atoms with E-state index in [-0.39, 0.29) is 11.7 Å². The maximum Gasteiger partial charge on any atom is 0.258 e. The Labute approximate surface area is 148 Å². The first-order chi connectivity index (χ1) is 12.1. The Bertz CT molecular complexity index is 931. The van der Waals surface area contributed by atoms with Gasteiger partial charge in [-0.15, -0.1) is 11.3 Å². The molecule has 0 aliphatic carbocycles. The first-order valence-electron chi connectivity index (χ1n) is 8.25. The Morgan fingerprint density at radius 1 is 1.40 bits per heavy atom. The van der Waals surface area contributed by atoms with E-state index in [0.29, 0.717) is 12.5 Å². The third kappa shape index (κ3) is 3.37. The van der Waals surface area contributed by atoms with Gasteiger partial charge in [0.2, 0.25) is 0 Å². The van der Waals surface area contributed by atoms with Gasteiger partial charge in [0.1, 0.15) is 5.76 Å². The van der Waals surface area contributed by atoms with Gasteiger partial charge in [-0.3, -0.25) is 14.1 Å². The highest BCUT2D eigenvalue weighted by atomic mass is 32.1. The maximum atomic E-state index is 12.1. The summed E-state index contributed by atoms with van der Waals surface area (Å²) in [5, 5.41) is 5.83. The molecule has 1 aliphatic rings. The number of hydrogen-bond donors (Lipinski definition) is 0. The zero-order valence-corrected chi connectivity index (χ0v) is 15.0. The Morgan fingerprint density at radius 2 is 2.28 bits per heavy atom. The van der Waals surface area contributed by atoms with Gasteiger partial charge in [-0.2, -0.15) is 0 Å². The number of thiazole rings is 1. The summed E-state index contributed by atoms with van der Waals surface area (Å²) in [7, 11) is 1.75. The van der Waals surface area contributed by atoms with Crippen LogP contribution in [0, 0.1) is 12.8 Å². The highest BCUT2D eigenvalue weighted by molar-refractivity contribution is 7.15. The van der Waals surface area contributed by atoms with Crippen LogP contribution in [0.3, 0.4) is 0 Å². The van der Waals surface area contributed by atoms with Crippen molar-refractivity contribution in [2.45, 2.75) is 26.0 Å². The summed E-state index contributed by atoms with van der Waals surface area (Å²) in [4.78, 5) is 19.7. The molecule has 25 heavy (non-hydrogen) atoms. The molecular formula is C17H20N4O3S. The SMILES string of the molecule is CO[C@H]1CN(Cc2cc(=O)n3ccsc3n2)C[C@H]1Cc1cc(C)no1. The van der Waals surface area contributed by atoms with Crippen molar-refractivity contribution in [2.75, 3.05) is 20.2 Å². The van der Waals surface area contributed by atoms with Crippen LogP contribution in [0.4, 0.5) is 0 Å². The molecule has 4 rings (SSSR count). The summed E-state index contributed by atoms with van der Waals surface area (Å²) in [6.07, 6.45) is 2.69. The Morgan fingerprint density at radius 3 is 3.04 bits per heavy atom. The van der Waals surface area contributed by atoms with Crippen molar-refractivity contribution < 1.29 is 9.26 Å². The minimum atomic E-state index is -0.0302. The molecule has 1 fully saturated rings. The Hall–Kier alpha value is -2.03. The van der Waals surface area contributed by atoms with Crippen molar-refractivity contribution in [3.8, 4) is 0 Å². The highest BCUT2D eigenvalue weighted by Crippen LogP contribution is 2.25. The molecule has 0 amide bonds. The molecule has 0 bridgehead atoms. The number of likely N-dealkylation sites (tertiary alicyclic amines) is 1. The van der Waals surface area contributed by atoms with Crippen LogP contribution >= 0.6 is 11.3 Å². The summed E-state index contributed by atoms with van der Waals surface area (Å²) in [6, 6.07) is 3.59. The molecule has 0 N–H and O–H groups in total. The van der Waals surface area contributed by atoms with E-state index in [1.165, 1.54) is 11.3 Å². The molecule has 8 heteroatoms. The van der Waals surface area contributed by atoms with E-state index in [1.54, 1.807) is 23.8 Å². The van der Waals surface area contributed by atoms with Crippen molar-refractivity contribution in [3.05, 3.63) is 51.2 Å². The van der Waals surface area contributed by atoms with E-state index < -0.39 is 0 Å². The molecule has 0 spiro atoms. The standard InChI is InChI=1S/C17H20N4O3S/c1-11-5-14(24-19-11)6-12-8-20(10-15(12)23-2)9-13-7-16(22)21-3-4-25-17(21)18-13/h3-5,7,12,15H,6,8-10H2,1-2H3/t12-,15+/m1/s1. The monoisotopic (exact) mass is 360 g/mol. The van der Waals surface area contributed by atoms with E-state index >= 15 is 0 Å². The summed E-state index contributed by atoms with van der Waals surface area (Å²) in [5.41, 5.74) is 1.67. The van der Waals surface area contributed by atoms with Crippen LogP contribution in [0.5, 0.6) is 0 Å². The van der Waals surface area contributed by atoms with E-state index in [4.69, 9.17) is 9.26 Å². The summed E-state index contributed by atoms with van der Waals surface area (Å²) >= 11 is 1.47. The fourth-order valence-corrected chi connectivity index (χ4v) is 4.23. The lowest BCUT2D eigenvalue weighted by Crippen LogP contribution is -2.24. The predicted octanol–water partition coefficient (Wildman–Crippen LogP) is 1.74. The fraction of sp³-hybridized carbons (Fsp3) is 0.471. The first-order valence-corrected chi connectivity index (χ1v) is 9.13. The summed E-state index contributed by atoms with van der Waals surface area (Å²) in [6.45, 7) is 4.27. The van der Waals surface area contributed by atoms with Crippen LogP contribution in [0.15, 0.2) is 33.0 Å². The van der Waals surface area contributed by atoms with Crippen molar-refractivity contribution in [2.24, 2.45) is 5.92 Å². The number of fused-ring (bicyclic) bond motifs is 1. The van der Waals surface area contributed by atoms with Crippen molar-refractivity contribution >= 4 is 16.3 Å². The minimum Gasteiger partial charge on any atom is -0.380 e. The number of nitrogens with zero attached hydrogens (tertiary/aromatic N) is 4. The quantitative estimate of drug-likeness (QED) is 0.690. The number of aromatic nitrogens is 3. The molecule has 4 heterocycles. The second-order valence-corrected chi connectivity index (χ2v) is 7.38. The average molecular weight is 360 g/mol. The molecule has 2 atom stereocenters. The molecule has 3 aromatic rings. The number of aryl methyl sites for hydroxylation is 1. The third-order valence-electron chi connectivity index (χ3n) is 4.64. The average Bonchev–Trinajstić information content (AvgIpc) is 3.28. The minimum absolute atomic E-state index is 0.0302. The van der Waals surface area contributed by atoms with Crippen LogP contribution in [-0.2, 0) is 17.7 Å².